The van der Waals surface area contributed by atoms with Gasteiger partial charge in [0, 0.05) is 11.6 Å². The van der Waals surface area contributed by atoms with Crippen LogP contribution in [-0.2, 0) is 0 Å². The minimum atomic E-state index is -0.947. The van der Waals surface area contributed by atoms with E-state index in [1.54, 1.807) is 19.4 Å². The predicted molar refractivity (Wildman–Crippen MR) is 62.4 cm³/mol. The summed E-state index contributed by atoms with van der Waals surface area (Å²) in [5.74, 6) is 0.727. The zero-order valence-corrected chi connectivity index (χ0v) is 9.40. The van der Waals surface area contributed by atoms with E-state index in [-0.39, 0.29) is 0 Å². The topological polar surface area (TPSA) is 22.1 Å². The predicted octanol–water partition coefficient (Wildman–Crippen LogP) is 3.66. The molecule has 1 atom stereocenters. The van der Waals surface area contributed by atoms with Crippen LogP contribution in [0.25, 0.3) is 10.9 Å². The second-order valence-corrected chi connectivity index (χ2v) is 3.66. The summed E-state index contributed by atoms with van der Waals surface area (Å²) in [5.41, 5.74) is 1.49. The summed E-state index contributed by atoms with van der Waals surface area (Å²) in [4.78, 5) is 4.21. The fraction of sp³-hybridized carbons (Fsp3) is 0.308. The van der Waals surface area contributed by atoms with E-state index in [1.807, 2.05) is 25.1 Å². The number of ether oxygens (including phenoxy) is 1. The lowest BCUT2D eigenvalue weighted by Crippen LogP contribution is -1.93. The molecule has 84 valence electrons. The first-order valence-corrected chi connectivity index (χ1v) is 5.33. The molecule has 0 saturated heterocycles. The van der Waals surface area contributed by atoms with Crippen LogP contribution < -0.4 is 4.74 Å². The summed E-state index contributed by atoms with van der Waals surface area (Å²) in [6.07, 6.45) is 1.17. The second kappa shape index (κ2) is 4.47. The van der Waals surface area contributed by atoms with Crippen LogP contribution in [0.4, 0.5) is 4.39 Å². The maximum atomic E-state index is 13.8. The summed E-state index contributed by atoms with van der Waals surface area (Å²) in [5, 5.41) is 0.830. The van der Waals surface area contributed by atoms with Gasteiger partial charge in [0.15, 0.2) is 0 Å². The van der Waals surface area contributed by atoms with Gasteiger partial charge in [-0.05, 0) is 36.2 Å². The van der Waals surface area contributed by atoms with Crippen LogP contribution in [0.15, 0.2) is 30.5 Å². The highest BCUT2D eigenvalue weighted by atomic mass is 19.1. The molecule has 0 bridgehead atoms. The van der Waals surface area contributed by atoms with Crippen LogP contribution in [0.3, 0.4) is 0 Å². The van der Waals surface area contributed by atoms with Crippen molar-refractivity contribution < 1.29 is 9.13 Å². The number of hydrogen-bond donors (Lipinski definition) is 0. The SMILES string of the molecule is CC[C@@H](F)c1ccnc2ccc(OC)cc12. The third-order valence-electron chi connectivity index (χ3n) is 2.68. The summed E-state index contributed by atoms with van der Waals surface area (Å²) >= 11 is 0. The highest BCUT2D eigenvalue weighted by Gasteiger charge is 2.11. The Hall–Kier alpha value is -1.64. The van der Waals surface area contributed by atoms with Gasteiger partial charge in [-0.15, -0.1) is 0 Å². The van der Waals surface area contributed by atoms with Crippen molar-refractivity contribution in [2.45, 2.75) is 19.5 Å². The van der Waals surface area contributed by atoms with Crippen molar-refractivity contribution in [1.29, 1.82) is 0 Å². The van der Waals surface area contributed by atoms with Gasteiger partial charge in [0.2, 0.25) is 0 Å². The van der Waals surface area contributed by atoms with Gasteiger partial charge in [-0.1, -0.05) is 6.92 Å². The number of aromatic nitrogens is 1. The van der Waals surface area contributed by atoms with E-state index in [1.165, 1.54) is 0 Å². The van der Waals surface area contributed by atoms with Crippen molar-refractivity contribution in [1.82, 2.24) is 4.98 Å². The number of hydrogen-bond acceptors (Lipinski definition) is 2. The van der Waals surface area contributed by atoms with Crippen molar-refractivity contribution in [2.24, 2.45) is 0 Å². The number of nitrogens with zero attached hydrogens (tertiary/aromatic N) is 1. The zero-order chi connectivity index (χ0) is 11.5. The normalized spacial score (nSPS) is 12.7. The average molecular weight is 219 g/mol. The molecule has 2 rings (SSSR count). The Morgan fingerprint density at radius 3 is 2.88 bits per heavy atom. The molecule has 0 aliphatic rings. The van der Waals surface area contributed by atoms with Gasteiger partial charge in [0.1, 0.15) is 11.9 Å². The molecule has 0 unspecified atom stereocenters. The Morgan fingerprint density at radius 1 is 1.38 bits per heavy atom. The molecule has 0 spiro atoms. The fourth-order valence-electron chi connectivity index (χ4n) is 1.77. The molecule has 1 aromatic carbocycles. The zero-order valence-electron chi connectivity index (χ0n) is 9.40. The molecule has 2 nitrogen and oxygen atoms in total. The van der Waals surface area contributed by atoms with E-state index < -0.39 is 6.17 Å². The molecule has 0 N–H and O–H groups in total. The number of rotatable bonds is 3. The van der Waals surface area contributed by atoms with Gasteiger partial charge < -0.3 is 4.74 Å². The number of pyridine rings is 1. The van der Waals surface area contributed by atoms with Crippen LogP contribution in [0.1, 0.15) is 25.1 Å². The van der Waals surface area contributed by atoms with E-state index in [4.69, 9.17) is 4.74 Å². The average Bonchev–Trinajstić information content (AvgIpc) is 2.36. The molecule has 0 fully saturated rings. The van der Waals surface area contributed by atoms with Gasteiger partial charge >= 0.3 is 0 Å². The minimum Gasteiger partial charge on any atom is -0.497 e. The van der Waals surface area contributed by atoms with Crippen molar-refractivity contribution in [2.75, 3.05) is 7.11 Å². The van der Waals surface area contributed by atoms with Crippen LogP contribution in [0.5, 0.6) is 5.75 Å². The lowest BCUT2D eigenvalue weighted by molar-refractivity contribution is 0.336. The largest absolute Gasteiger partial charge is 0.497 e. The van der Waals surface area contributed by atoms with Gasteiger partial charge in [-0.25, -0.2) is 4.39 Å². The molecule has 0 saturated carbocycles. The highest BCUT2D eigenvalue weighted by Crippen LogP contribution is 2.29. The van der Waals surface area contributed by atoms with Gasteiger partial charge in [-0.3, -0.25) is 4.98 Å². The Bertz CT molecular complexity index is 498. The summed E-state index contributed by atoms with van der Waals surface area (Å²) in [6, 6.07) is 7.24. The van der Waals surface area contributed by atoms with Crippen molar-refractivity contribution >= 4 is 10.9 Å². The molecule has 0 aliphatic heterocycles. The molecule has 1 aromatic heterocycles. The second-order valence-electron chi connectivity index (χ2n) is 3.66. The number of methoxy groups -OCH3 is 1. The first kappa shape index (κ1) is 10.9. The van der Waals surface area contributed by atoms with E-state index in [2.05, 4.69) is 4.98 Å². The van der Waals surface area contributed by atoms with Crippen molar-refractivity contribution in [3.63, 3.8) is 0 Å². The van der Waals surface area contributed by atoms with E-state index >= 15 is 0 Å². The summed E-state index contributed by atoms with van der Waals surface area (Å²) < 4.78 is 18.9. The Kier molecular flexibility index (Phi) is 3.04. The van der Waals surface area contributed by atoms with Crippen molar-refractivity contribution in [3.8, 4) is 5.75 Å². The third-order valence-corrected chi connectivity index (χ3v) is 2.68. The molecule has 0 amide bonds. The minimum absolute atomic E-state index is 0.469. The maximum Gasteiger partial charge on any atom is 0.126 e. The smallest absolute Gasteiger partial charge is 0.126 e. The summed E-state index contributed by atoms with van der Waals surface area (Å²) in [7, 11) is 1.60. The van der Waals surface area contributed by atoms with Gasteiger partial charge in [0.05, 0.1) is 12.6 Å². The number of fused-ring (bicyclic) bond motifs is 1. The number of benzene rings is 1. The lowest BCUT2D eigenvalue weighted by atomic mass is 10.0. The van der Waals surface area contributed by atoms with Crippen LogP contribution >= 0.6 is 0 Å². The molecule has 1 heterocycles. The Balaban J connectivity index is 2.64. The molecular weight excluding hydrogens is 205 g/mol. The first-order valence-electron chi connectivity index (χ1n) is 5.33. The van der Waals surface area contributed by atoms with E-state index in [0.717, 1.165) is 16.7 Å². The van der Waals surface area contributed by atoms with Crippen LogP contribution in [0.2, 0.25) is 0 Å². The van der Waals surface area contributed by atoms with E-state index in [0.29, 0.717) is 12.0 Å². The van der Waals surface area contributed by atoms with Crippen LogP contribution in [-0.4, -0.2) is 12.1 Å². The molecular formula is C13H14FNO. The van der Waals surface area contributed by atoms with Gasteiger partial charge in [0.25, 0.3) is 0 Å². The standard InChI is InChI=1S/C13H14FNO/c1-3-12(14)10-6-7-15-13-5-4-9(16-2)8-11(10)13/h4-8,12H,3H2,1-2H3/t12-/m1/s1. The molecule has 0 radical (unpaired) electrons. The maximum absolute atomic E-state index is 13.8. The van der Waals surface area contributed by atoms with E-state index in [9.17, 15) is 4.39 Å². The highest BCUT2D eigenvalue weighted by molar-refractivity contribution is 5.83. The number of halogens is 1. The first-order chi connectivity index (χ1) is 7.76. The molecule has 16 heavy (non-hydrogen) atoms. The Labute approximate surface area is 94.1 Å². The monoisotopic (exact) mass is 219 g/mol. The molecule has 0 aliphatic carbocycles. The summed E-state index contributed by atoms with van der Waals surface area (Å²) in [6.45, 7) is 1.83. The quantitative estimate of drug-likeness (QED) is 0.785. The Morgan fingerprint density at radius 2 is 2.19 bits per heavy atom. The molecule has 2 aromatic rings. The fourth-order valence-corrected chi connectivity index (χ4v) is 1.77. The lowest BCUT2D eigenvalue weighted by Gasteiger charge is -2.10. The van der Waals surface area contributed by atoms with Crippen LogP contribution in [0, 0.1) is 0 Å². The van der Waals surface area contributed by atoms with Gasteiger partial charge in [-0.2, -0.15) is 0 Å². The van der Waals surface area contributed by atoms with Crippen molar-refractivity contribution in [3.05, 3.63) is 36.0 Å². The third kappa shape index (κ3) is 1.85. The number of alkyl halides is 1. The molecule has 3 heteroatoms.